The second kappa shape index (κ2) is 11.3. The maximum atomic E-state index is 13.1. The van der Waals surface area contributed by atoms with E-state index in [0.29, 0.717) is 25.3 Å². The van der Waals surface area contributed by atoms with Gasteiger partial charge in [-0.15, -0.1) is 0 Å². The van der Waals surface area contributed by atoms with Crippen LogP contribution in [0.15, 0.2) is 48.5 Å². The van der Waals surface area contributed by atoms with Gasteiger partial charge in [-0.25, -0.2) is 9.59 Å². The number of nitrogens with two attached hydrogens (primary N) is 1. The van der Waals surface area contributed by atoms with Crippen LogP contribution in [-0.2, 0) is 17.9 Å². The molecule has 1 fully saturated rings. The van der Waals surface area contributed by atoms with Crippen molar-refractivity contribution < 1.29 is 19.4 Å². The summed E-state index contributed by atoms with van der Waals surface area (Å²) in [6.07, 6.45) is 0.453. The minimum atomic E-state index is -0.884. The molecule has 2 atom stereocenters. The SMILES string of the molecule is C[C@H](N(Cc1ccc(NCC2CCCN2C(=O)O)c(N)c1)C(=O)OCc1ccccc1)C(C)(C)C. The van der Waals surface area contributed by atoms with Crippen LogP contribution in [0.5, 0.6) is 0 Å². The Balaban J connectivity index is 1.68. The molecule has 0 radical (unpaired) electrons. The third kappa shape index (κ3) is 7.04. The minimum Gasteiger partial charge on any atom is -0.465 e. The molecule has 190 valence electrons. The Hall–Kier alpha value is -3.42. The monoisotopic (exact) mass is 482 g/mol. The number of carbonyl (C=O) groups is 2. The lowest BCUT2D eigenvalue weighted by Gasteiger charge is -2.37. The van der Waals surface area contributed by atoms with Crippen molar-refractivity contribution >= 4 is 23.6 Å². The first-order valence-corrected chi connectivity index (χ1v) is 12.2. The number of anilines is 2. The summed E-state index contributed by atoms with van der Waals surface area (Å²) in [4.78, 5) is 27.7. The first-order valence-electron chi connectivity index (χ1n) is 12.2. The van der Waals surface area contributed by atoms with Crippen molar-refractivity contribution in [3.05, 3.63) is 59.7 Å². The smallest absolute Gasteiger partial charge is 0.410 e. The molecular formula is C27H38N4O4. The molecule has 0 aliphatic carbocycles. The first-order chi connectivity index (χ1) is 16.6. The molecule has 0 saturated carbocycles. The largest absolute Gasteiger partial charge is 0.465 e. The van der Waals surface area contributed by atoms with Crippen molar-refractivity contribution in [2.45, 2.75) is 65.8 Å². The highest BCUT2D eigenvalue weighted by molar-refractivity contribution is 5.70. The summed E-state index contributed by atoms with van der Waals surface area (Å²) in [5.41, 5.74) is 9.33. The Morgan fingerprint density at radius 1 is 1.20 bits per heavy atom. The standard InChI is InChI=1S/C27H38N4O4/c1-19(27(2,3)4)31(26(34)35-18-20-9-6-5-7-10-20)17-21-12-13-24(23(28)15-21)29-16-22-11-8-14-30(22)25(32)33/h5-7,9-10,12-13,15,19,22,29H,8,11,14,16-18,28H2,1-4H3,(H,32,33)/t19-,22?/m0/s1. The van der Waals surface area contributed by atoms with Gasteiger partial charge in [0, 0.05) is 25.7 Å². The van der Waals surface area contributed by atoms with Crippen LogP contribution in [0, 0.1) is 5.41 Å². The van der Waals surface area contributed by atoms with Gasteiger partial charge in [-0.2, -0.15) is 0 Å². The average Bonchev–Trinajstić information content (AvgIpc) is 3.29. The number of carbonyl (C=O) groups excluding carboxylic acids is 1. The van der Waals surface area contributed by atoms with Gasteiger partial charge in [0.05, 0.1) is 17.4 Å². The number of nitrogens with one attached hydrogen (secondary N) is 1. The molecule has 8 heteroatoms. The van der Waals surface area contributed by atoms with E-state index < -0.39 is 6.09 Å². The number of ether oxygens (including phenoxy) is 1. The van der Waals surface area contributed by atoms with Crippen molar-refractivity contribution in [2.75, 3.05) is 24.1 Å². The predicted molar refractivity (Wildman–Crippen MR) is 138 cm³/mol. The van der Waals surface area contributed by atoms with E-state index in [-0.39, 0.29) is 30.2 Å². The fraction of sp³-hybridized carbons (Fsp3) is 0.481. The van der Waals surface area contributed by atoms with Crippen molar-refractivity contribution in [2.24, 2.45) is 5.41 Å². The number of hydrogen-bond acceptors (Lipinski definition) is 5. The summed E-state index contributed by atoms with van der Waals surface area (Å²) < 4.78 is 5.65. The summed E-state index contributed by atoms with van der Waals surface area (Å²) in [6.45, 7) is 9.98. The van der Waals surface area contributed by atoms with Gasteiger partial charge < -0.3 is 30.7 Å². The van der Waals surface area contributed by atoms with Gasteiger partial charge >= 0.3 is 12.2 Å². The third-order valence-corrected chi connectivity index (χ3v) is 6.78. The number of carboxylic acid groups (broad SMARTS) is 1. The Morgan fingerprint density at radius 2 is 1.91 bits per heavy atom. The molecule has 35 heavy (non-hydrogen) atoms. The van der Waals surface area contributed by atoms with E-state index in [1.54, 1.807) is 4.90 Å². The van der Waals surface area contributed by atoms with Gasteiger partial charge in [0.25, 0.3) is 0 Å². The van der Waals surface area contributed by atoms with E-state index in [0.717, 1.165) is 29.7 Å². The Kier molecular flexibility index (Phi) is 8.48. The van der Waals surface area contributed by atoms with Gasteiger partial charge in [-0.3, -0.25) is 0 Å². The molecule has 0 aromatic heterocycles. The van der Waals surface area contributed by atoms with Crippen LogP contribution in [-0.4, -0.2) is 52.3 Å². The number of likely N-dealkylation sites (tertiary alicyclic amines) is 1. The Bertz CT molecular complexity index is 1010. The molecule has 1 saturated heterocycles. The molecule has 8 nitrogen and oxygen atoms in total. The van der Waals surface area contributed by atoms with Gasteiger partial charge in [-0.1, -0.05) is 57.2 Å². The second-order valence-corrected chi connectivity index (χ2v) is 10.3. The molecule has 0 bridgehead atoms. The van der Waals surface area contributed by atoms with E-state index in [2.05, 4.69) is 26.1 Å². The molecular weight excluding hydrogens is 444 g/mol. The quantitative estimate of drug-likeness (QED) is 0.435. The van der Waals surface area contributed by atoms with E-state index in [1.165, 1.54) is 4.90 Å². The van der Waals surface area contributed by atoms with Crippen molar-refractivity contribution in [3.8, 4) is 0 Å². The van der Waals surface area contributed by atoms with Crippen LogP contribution in [0.3, 0.4) is 0 Å². The molecule has 1 aliphatic rings. The second-order valence-electron chi connectivity index (χ2n) is 10.3. The third-order valence-electron chi connectivity index (χ3n) is 6.78. The number of hydrogen-bond donors (Lipinski definition) is 3. The zero-order chi connectivity index (χ0) is 25.6. The summed E-state index contributed by atoms with van der Waals surface area (Å²) in [5.74, 6) is 0. The predicted octanol–water partition coefficient (Wildman–Crippen LogP) is 5.40. The van der Waals surface area contributed by atoms with E-state index >= 15 is 0 Å². The van der Waals surface area contributed by atoms with Gasteiger partial charge in [0.1, 0.15) is 6.61 Å². The molecule has 2 amide bonds. The van der Waals surface area contributed by atoms with Crippen LogP contribution in [0.4, 0.5) is 21.0 Å². The fourth-order valence-corrected chi connectivity index (χ4v) is 4.23. The normalized spacial score (nSPS) is 16.6. The summed E-state index contributed by atoms with van der Waals surface area (Å²) in [5, 5.41) is 12.6. The van der Waals surface area contributed by atoms with E-state index in [4.69, 9.17) is 10.5 Å². The molecule has 4 N–H and O–H groups in total. The maximum Gasteiger partial charge on any atom is 0.410 e. The zero-order valence-electron chi connectivity index (χ0n) is 21.2. The minimum absolute atomic E-state index is 0.0610. The summed E-state index contributed by atoms with van der Waals surface area (Å²) >= 11 is 0. The summed E-state index contributed by atoms with van der Waals surface area (Å²) in [7, 11) is 0. The van der Waals surface area contributed by atoms with Crippen LogP contribution in [0.25, 0.3) is 0 Å². The maximum absolute atomic E-state index is 13.1. The highest BCUT2D eigenvalue weighted by Crippen LogP contribution is 2.28. The van der Waals surface area contributed by atoms with Gasteiger partial charge in [0.2, 0.25) is 0 Å². The highest BCUT2D eigenvalue weighted by Gasteiger charge is 2.31. The van der Waals surface area contributed by atoms with Crippen LogP contribution in [0.2, 0.25) is 0 Å². The Labute approximate surface area is 208 Å². The van der Waals surface area contributed by atoms with Crippen LogP contribution < -0.4 is 11.1 Å². The molecule has 1 aliphatic heterocycles. The van der Waals surface area contributed by atoms with Crippen LogP contribution >= 0.6 is 0 Å². The number of nitrogens with zero attached hydrogens (tertiary/aromatic N) is 2. The molecule has 3 rings (SSSR count). The topological polar surface area (TPSA) is 108 Å². The lowest BCUT2D eigenvalue weighted by atomic mass is 9.87. The number of amides is 2. The fourth-order valence-electron chi connectivity index (χ4n) is 4.23. The van der Waals surface area contributed by atoms with E-state index in [9.17, 15) is 14.7 Å². The molecule has 0 spiro atoms. The van der Waals surface area contributed by atoms with E-state index in [1.807, 2.05) is 55.5 Å². The molecule has 1 heterocycles. The lowest BCUT2D eigenvalue weighted by molar-refractivity contribution is 0.0540. The van der Waals surface area contributed by atoms with Crippen molar-refractivity contribution in [1.82, 2.24) is 9.80 Å². The molecule has 1 unspecified atom stereocenters. The van der Waals surface area contributed by atoms with Crippen LogP contribution in [0.1, 0.15) is 51.7 Å². The molecule has 2 aromatic rings. The summed E-state index contributed by atoms with van der Waals surface area (Å²) in [6, 6.07) is 15.2. The lowest BCUT2D eigenvalue weighted by Crippen LogP contribution is -2.45. The Morgan fingerprint density at radius 3 is 2.54 bits per heavy atom. The number of nitrogen functional groups attached to an aromatic ring is 1. The van der Waals surface area contributed by atoms with Crippen molar-refractivity contribution in [1.29, 1.82) is 0 Å². The van der Waals surface area contributed by atoms with Gasteiger partial charge in [0.15, 0.2) is 0 Å². The molecule has 2 aromatic carbocycles. The first kappa shape index (κ1) is 26.2. The zero-order valence-corrected chi connectivity index (χ0v) is 21.2. The number of rotatable bonds is 8. The average molecular weight is 483 g/mol. The van der Waals surface area contributed by atoms with Crippen molar-refractivity contribution in [3.63, 3.8) is 0 Å². The van der Waals surface area contributed by atoms with Gasteiger partial charge in [-0.05, 0) is 48.4 Å². The highest BCUT2D eigenvalue weighted by atomic mass is 16.6. The number of benzene rings is 2.